The van der Waals surface area contributed by atoms with Crippen molar-refractivity contribution >= 4 is 6.09 Å². The third-order valence-corrected chi connectivity index (χ3v) is 2.15. The number of hydrogen-bond donors (Lipinski definition) is 1. The number of likely N-dealkylation sites (tertiary alicyclic amines) is 1. The molecule has 0 aromatic heterocycles. The summed E-state index contributed by atoms with van der Waals surface area (Å²) in [5.74, 6) is 0. The summed E-state index contributed by atoms with van der Waals surface area (Å²) < 4.78 is 5.19. The fourth-order valence-electron chi connectivity index (χ4n) is 1.20. The molecule has 0 aromatic rings. The van der Waals surface area contributed by atoms with Gasteiger partial charge in [-0.05, 0) is 27.7 Å². The predicted molar refractivity (Wildman–Crippen MR) is 50.4 cm³/mol. The van der Waals surface area contributed by atoms with Crippen molar-refractivity contribution in [2.75, 3.05) is 6.54 Å². The lowest BCUT2D eigenvalue weighted by molar-refractivity contribution is -0.00861. The van der Waals surface area contributed by atoms with Crippen molar-refractivity contribution < 1.29 is 9.53 Å². The zero-order valence-electron chi connectivity index (χ0n) is 8.70. The van der Waals surface area contributed by atoms with Crippen LogP contribution in [0, 0.1) is 0 Å². The van der Waals surface area contributed by atoms with Gasteiger partial charge in [0.05, 0.1) is 0 Å². The zero-order chi connectivity index (χ0) is 10.2. The summed E-state index contributed by atoms with van der Waals surface area (Å²) in [5.41, 5.74) is 5.24. The van der Waals surface area contributed by atoms with Crippen molar-refractivity contribution in [2.24, 2.45) is 5.73 Å². The van der Waals surface area contributed by atoms with Crippen LogP contribution in [0.25, 0.3) is 0 Å². The van der Waals surface area contributed by atoms with E-state index in [9.17, 15) is 4.79 Å². The Hall–Kier alpha value is -0.770. The van der Waals surface area contributed by atoms with Crippen molar-refractivity contribution in [3.8, 4) is 0 Å². The molecule has 1 rings (SSSR count). The Labute approximate surface area is 79.0 Å². The molecule has 0 spiro atoms. The van der Waals surface area contributed by atoms with E-state index in [0.29, 0.717) is 6.54 Å². The summed E-state index contributed by atoms with van der Waals surface area (Å²) in [6, 6.07) is 0.211. The van der Waals surface area contributed by atoms with Gasteiger partial charge in [0.2, 0.25) is 0 Å². The SMILES string of the molecule is C[C@@H]1[C@H](N)CN1C(=O)OC(C)(C)C. The number of nitrogens with zero attached hydrogens (tertiary/aromatic N) is 1. The molecule has 1 saturated heterocycles. The molecule has 0 radical (unpaired) electrons. The molecule has 1 aliphatic heterocycles. The minimum absolute atomic E-state index is 0.104. The van der Waals surface area contributed by atoms with E-state index in [2.05, 4.69) is 0 Å². The minimum atomic E-state index is -0.420. The maximum atomic E-state index is 11.4. The highest BCUT2D eigenvalue weighted by Gasteiger charge is 2.38. The number of rotatable bonds is 0. The van der Waals surface area contributed by atoms with Crippen molar-refractivity contribution in [3.63, 3.8) is 0 Å². The molecule has 4 nitrogen and oxygen atoms in total. The Balaban J connectivity index is 2.42. The summed E-state index contributed by atoms with van der Waals surface area (Å²) in [5, 5.41) is 0. The molecule has 1 fully saturated rings. The number of carbonyl (C=O) groups is 1. The van der Waals surface area contributed by atoms with E-state index >= 15 is 0 Å². The second-order valence-electron chi connectivity index (χ2n) is 4.54. The Morgan fingerprint density at radius 2 is 2.08 bits per heavy atom. The number of amides is 1. The van der Waals surface area contributed by atoms with Gasteiger partial charge >= 0.3 is 6.09 Å². The Morgan fingerprint density at radius 1 is 1.54 bits per heavy atom. The molecule has 1 heterocycles. The van der Waals surface area contributed by atoms with E-state index in [1.165, 1.54) is 0 Å². The van der Waals surface area contributed by atoms with Gasteiger partial charge in [0.25, 0.3) is 0 Å². The van der Waals surface area contributed by atoms with Crippen molar-refractivity contribution in [3.05, 3.63) is 0 Å². The van der Waals surface area contributed by atoms with Crippen molar-refractivity contribution in [1.82, 2.24) is 4.90 Å². The molecule has 0 aromatic carbocycles. The third kappa shape index (κ3) is 2.34. The predicted octanol–water partition coefficient (Wildman–Crippen LogP) is 0.953. The molecule has 13 heavy (non-hydrogen) atoms. The maximum Gasteiger partial charge on any atom is 0.410 e. The average molecular weight is 186 g/mol. The van der Waals surface area contributed by atoms with E-state index in [1.54, 1.807) is 4.90 Å². The second kappa shape index (κ2) is 3.18. The largest absolute Gasteiger partial charge is 0.444 e. The van der Waals surface area contributed by atoms with Crippen LogP contribution in [0.2, 0.25) is 0 Å². The second-order valence-corrected chi connectivity index (χ2v) is 4.54. The quantitative estimate of drug-likeness (QED) is 0.613. The highest BCUT2D eigenvalue weighted by molar-refractivity contribution is 5.70. The van der Waals surface area contributed by atoms with E-state index in [-0.39, 0.29) is 18.2 Å². The standard InChI is InChI=1S/C9H18N2O2/c1-6-7(10)5-11(6)8(12)13-9(2,3)4/h6-7H,5,10H2,1-4H3/t6-,7-/m1/s1. The van der Waals surface area contributed by atoms with Gasteiger partial charge in [0.15, 0.2) is 0 Å². The molecular weight excluding hydrogens is 168 g/mol. The summed E-state index contributed by atoms with van der Waals surface area (Å²) in [6.07, 6.45) is -0.262. The lowest BCUT2D eigenvalue weighted by Crippen LogP contribution is -2.65. The Bertz CT molecular complexity index is 210. The van der Waals surface area contributed by atoms with Gasteiger partial charge in [-0.15, -0.1) is 0 Å². The lowest BCUT2D eigenvalue weighted by Gasteiger charge is -2.44. The lowest BCUT2D eigenvalue weighted by atomic mass is 10.0. The molecule has 1 aliphatic rings. The summed E-state index contributed by atoms with van der Waals surface area (Å²) in [4.78, 5) is 13.1. The Morgan fingerprint density at radius 3 is 2.38 bits per heavy atom. The fraction of sp³-hybridized carbons (Fsp3) is 0.889. The number of hydrogen-bond acceptors (Lipinski definition) is 3. The molecule has 76 valence electrons. The van der Waals surface area contributed by atoms with Crippen molar-refractivity contribution in [1.29, 1.82) is 0 Å². The van der Waals surface area contributed by atoms with Crippen LogP contribution in [0.1, 0.15) is 27.7 Å². The first-order valence-electron chi connectivity index (χ1n) is 4.56. The van der Waals surface area contributed by atoms with Crippen LogP contribution in [0.3, 0.4) is 0 Å². The zero-order valence-corrected chi connectivity index (χ0v) is 8.70. The summed E-state index contributed by atoms with van der Waals surface area (Å²) in [6.45, 7) is 8.11. The normalized spacial score (nSPS) is 28.2. The topological polar surface area (TPSA) is 55.6 Å². The first kappa shape index (κ1) is 10.3. The van der Waals surface area contributed by atoms with Gasteiger partial charge in [-0.3, -0.25) is 0 Å². The van der Waals surface area contributed by atoms with Gasteiger partial charge in [0.1, 0.15) is 5.60 Å². The van der Waals surface area contributed by atoms with Crippen molar-refractivity contribution in [2.45, 2.75) is 45.4 Å². The average Bonchev–Trinajstić information content (AvgIpc) is 1.95. The molecule has 2 atom stereocenters. The van der Waals surface area contributed by atoms with Gasteiger partial charge in [-0.25, -0.2) is 4.79 Å². The monoisotopic (exact) mass is 186 g/mol. The fourth-order valence-corrected chi connectivity index (χ4v) is 1.20. The molecule has 0 saturated carbocycles. The van der Waals surface area contributed by atoms with Gasteiger partial charge in [-0.2, -0.15) is 0 Å². The first-order chi connectivity index (χ1) is 5.81. The third-order valence-electron chi connectivity index (χ3n) is 2.15. The summed E-state index contributed by atoms with van der Waals surface area (Å²) in [7, 11) is 0. The first-order valence-corrected chi connectivity index (χ1v) is 4.56. The van der Waals surface area contributed by atoms with Crippen LogP contribution in [-0.4, -0.2) is 35.2 Å². The molecule has 0 unspecified atom stereocenters. The van der Waals surface area contributed by atoms with E-state index in [4.69, 9.17) is 10.5 Å². The smallest absolute Gasteiger partial charge is 0.410 e. The van der Waals surface area contributed by atoms with Crippen LogP contribution < -0.4 is 5.73 Å². The van der Waals surface area contributed by atoms with Crippen LogP contribution in [0.4, 0.5) is 4.79 Å². The maximum absolute atomic E-state index is 11.4. The van der Waals surface area contributed by atoms with Crippen LogP contribution >= 0.6 is 0 Å². The van der Waals surface area contributed by atoms with Gasteiger partial charge < -0.3 is 15.4 Å². The van der Waals surface area contributed by atoms with E-state index in [1.807, 2.05) is 27.7 Å². The molecule has 1 amide bonds. The van der Waals surface area contributed by atoms with E-state index < -0.39 is 5.60 Å². The number of nitrogens with two attached hydrogens (primary N) is 1. The number of ether oxygens (including phenoxy) is 1. The molecule has 0 bridgehead atoms. The highest BCUT2D eigenvalue weighted by atomic mass is 16.6. The van der Waals surface area contributed by atoms with Gasteiger partial charge in [-0.1, -0.05) is 0 Å². The summed E-state index contributed by atoms with van der Waals surface area (Å²) >= 11 is 0. The highest BCUT2D eigenvalue weighted by Crippen LogP contribution is 2.19. The molecule has 2 N–H and O–H groups in total. The number of carbonyl (C=O) groups excluding carboxylic acids is 1. The molecular formula is C9H18N2O2. The van der Waals surface area contributed by atoms with Crippen LogP contribution in [-0.2, 0) is 4.74 Å². The molecule has 4 heteroatoms. The van der Waals surface area contributed by atoms with Gasteiger partial charge in [0, 0.05) is 18.6 Å². The molecule has 0 aliphatic carbocycles. The van der Waals surface area contributed by atoms with Crippen LogP contribution in [0.5, 0.6) is 0 Å². The van der Waals surface area contributed by atoms with Crippen LogP contribution in [0.15, 0.2) is 0 Å². The van der Waals surface area contributed by atoms with E-state index in [0.717, 1.165) is 0 Å². The Kier molecular flexibility index (Phi) is 2.52. The minimum Gasteiger partial charge on any atom is -0.444 e.